The van der Waals surface area contributed by atoms with Gasteiger partial charge in [-0.1, -0.05) is 0 Å². The lowest BCUT2D eigenvalue weighted by Crippen LogP contribution is -2.20. The largest absolute Gasteiger partial charge is 0.446 e. The van der Waals surface area contributed by atoms with Gasteiger partial charge in [0, 0.05) is 31.7 Å². The van der Waals surface area contributed by atoms with Crippen LogP contribution in [0.1, 0.15) is 48.1 Å². The third-order valence-corrected chi connectivity index (χ3v) is 4.76. The third kappa shape index (κ3) is 3.47. The Hall–Kier alpha value is -3.40. The minimum absolute atomic E-state index is 0.0797. The van der Waals surface area contributed by atoms with Crippen molar-refractivity contribution in [2.24, 2.45) is 0 Å². The van der Waals surface area contributed by atoms with E-state index in [1.807, 2.05) is 6.92 Å². The Morgan fingerprint density at radius 3 is 2.96 bits per heavy atom. The van der Waals surface area contributed by atoms with Crippen LogP contribution in [0.3, 0.4) is 0 Å². The summed E-state index contributed by atoms with van der Waals surface area (Å²) in [6.07, 6.45) is 4.81. The molecular weight excluding hydrogens is 342 g/mol. The van der Waals surface area contributed by atoms with Crippen LogP contribution in [0.2, 0.25) is 0 Å². The molecule has 0 aliphatic heterocycles. The van der Waals surface area contributed by atoms with E-state index in [4.69, 9.17) is 9.68 Å². The van der Waals surface area contributed by atoms with Gasteiger partial charge in [-0.25, -0.2) is 9.67 Å². The van der Waals surface area contributed by atoms with Crippen molar-refractivity contribution in [1.82, 2.24) is 14.8 Å². The smallest absolute Gasteiger partial charge is 0.226 e. The van der Waals surface area contributed by atoms with Crippen molar-refractivity contribution in [3.8, 4) is 11.8 Å². The highest BCUT2D eigenvalue weighted by molar-refractivity contribution is 5.90. The first-order chi connectivity index (χ1) is 13.1. The molecule has 0 bridgehead atoms. The molecule has 1 aliphatic rings. The summed E-state index contributed by atoms with van der Waals surface area (Å²) in [6.45, 7) is 1.84. The number of nitriles is 1. The fourth-order valence-electron chi connectivity index (χ4n) is 3.53. The molecule has 27 heavy (non-hydrogen) atoms. The summed E-state index contributed by atoms with van der Waals surface area (Å²) in [6, 6.07) is 10.9. The number of carbonyl (C=O) groups is 1. The Morgan fingerprint density at radius 1 is 1.37 bits per heavy atom. The van der Waals surface area contributed by atoms with Crippen LogP contribution in [-0.4, -0.2) is 20.7 Å². The minimum Gasteiger partial charge on any atom is -0.446 e. The molecule has 1 aliphatic carbocycles. The molecule has 0 saturated carbocycles. The molecule has 1 aromatic carbocycles. The van der Waals surface area contributed by atoms with Gasteiger partial charge in [0.25, 0.3) is 0 Å². The van der Waals surface area contributed by atoms with E-state index in [-0.39, 0.29) is 11.8 Å². The van der Waals surface area contributed by atoms with Gasteiger partial charge < -0.3 is 9.73 Å². The van der Waals surface area contributed by atoms with Gasteiger partial charge in [0.2, 0.25) is 5.91 Å². The average Bonchev–Trinajstić information content (AvgIpc) is 3.28. The summed E-state index contributed by atoms with van der Waals surface area (Å²) >= 11 is 0. The highest BCUT2D eigenvalue weighted by Crippen LogP contribution is 2.34. The predicted molar refractivity (Wildman–Crippen MR) is 98.4 cm³/mol. The van der Waals surface area contributed by atoms with Gasteiger partial charge >= 0.3 is 0 Å². The van der Waals surface area contributed by atoms with Gasteiger partial charge in [-0.15, -0.1) is 0 Å². The summed E-state index contributed by atoms with van der Waals surface area (Å²) in [5.41, 5.74) is 2.28. The zero-order valence-corrected chi connectivity index (χ0v) is 15.0. The Bertz CT molecular complexity index is 1010. The van der Waals surface area contributed by atoms with Crippen molar-refractivity contribution in [3.63, 3.8) is 0 Å². The molecule has 2 aromatic heterocycles. The number of hydrogen-bond acceptors (Lipinski definition) is 5. The van der Waals surface area contributed by atoms with Crippen molar-refractivity contribution in [3.05, 3.63) is 59.4 Å². The number of anilines is 1. The van der Waals surface area contributed by atoms with Gasteiger partial charge in [-0.05, 0) is 37.1 Å². The van der Waals surface area contributed by atoms with E-state index >= 15 is 0 Å². The van der Waals surface area contributed by atoms with Gasteiger partial charge in [0.15, 0.2) is 5.89 Å². The first-order valence-corrected chi connectivity index (χ1v) is 8.94. The number of fused-ring (bicyclic) bond motifs is 1. The number of aryl methyl sites for hydroxylation is 2. The molecule has 7 heteroatoms. The molecule has 0 saturated heterocycles. The summed E-state index contributed by atoms with van der Waals surface area (Å²) in [4.78, 5) is 17.1. The average molecular weight is 361 g/mol. The summed E-state index contributed by atoms with van der Waals surface area (Å²) < 4.78 is 7.28. The highest BCUT2D eigenvalue weighted by Gasteiger charge is 2.27. The standard InChI is InChI=1S/C20H19N5O2/c1-13-23-20-15(3-2-4-17(20)27-13)11-19(26)24-18-9-10-22-25(18)16-7-5-14(12-21)6-8-16/h5-10,15H,2-4,11H2,1H3,(H,24,26). The molecule has 1 amide bonds. The molecule has 2 heterocycles. The molecule has 0 spiro atoms. The maximum Gasteiger partial charge on any atom is 0.226 e. The number of hydrogen-bond donors (Lipinski definition) is 1. The van der Waals surface area contributed by atoms with Crippen LogP contribution in [0, 0.1) is 18.3 Å². The van der Waals surface area contributed by atoms with Crippen LogP contribution in [0.5, 0.6) is 0 Å². The molecule has 1 unspecified atom stereocenters. The van der Waals surface area contributed by atoms with Crippen molar-refractivity contribution in [1.29, 1.82) is 5.26 Å². The third-order valence-electron chi connectivity index (χ3n) is 4.76. The first kappa shape index (κ1) is 17.0. The van der Waals surface area contributed by atoms with Gasteiger partial charge in [-0.3, -0.25) is 4.79 Å². The number of nitrogens with zero attached hydrogens (tertiary/aromatic N) is 4. The second kappa shape index (κ2) is 7.08. The Morgan fingerprint density at radius 2 is 2.19 bits per heavy atom. The number of benzene rings is 1. The summed E-state index contributed by atoms with van der Waals surface area (Å²) in [7, 11) is 0. The van der Waals surface area contributed by atoms with E-state index in [9.17, 15) is 4.79 Å². The lowest BCUT2D eigenvalue weighted by molar-refractivity contribution is -0.116. The minimum atomic E-state index is -0.0797. The Balaban J connectivity index is 1.48. The molecule has 0 fully saturated rings. The lowest BCUT2D eigenvalue weighted by atomic mass is 9.88. The maximum absolute atomic E-state index is 12.6. The second-order valence-electron chi connectivity index (χ2n) is 6.67. The van der Waals surface area contributed by atoms with E-state index in [0.717, 1.165) is 36.4 Å². The molecule has 3 aromatic rings. The van der Waals surface area contributed by atoms with Crippen LogP contribution in [0.15, 0.2) is 40.9 Å². The predicted octanol–water partition coefficient (Wildman–Crippen LogP) is 3.49. The van der Waals surface area contributed by atoms with E-state index < -0.39 is 0 Å². The van der Waals surface area contributed by atoms with Crippen LogP contribution in [0.25, 0.3) is 5.69 Å². The topological polar surface area (TPSA) is 96.7 Å². The zero-order chi connectivity index (χ0) is 18.8. The van der Waals surface area contributed by atoms with E-state index in [0.29, 0.717) is 23.7 Å². The molecular formula is C20H19N5O2. The van der Waals surface area contributed by atoms with Gasteiger partial charge in [-0.2, -0.15) is 10.4 Å². The molecule has 7 nitrogen and oxygen atoms in total. The van der Waals surface area contributed by atoms with Crippen LogP contribution in [-0.2, 0) is 11.2 Å². The van der Waals surface area contributed by atoms with Crippen molar-refractivity contribution in [2.75, 3.05) is 5.32 Å². The number of rotatable bonds is 4. The normalized spacial score (nSPS) is 15.8. The summed E-state index contributed by atoms with van der Waals surface area (Å²) in [5.74, 6) is 2.17. The van der Waals surface area contributed by atoms with Crippen molar-refractivity contribution >= 4 is 11.7 Å². The molecule has 1 N–H and O–H groups in total. The fraction of sp³-hybridized carbons (Fsp3) is 0.300. The first-order valence-electron chi connectivity index (χ1n) is 8.94. The highest BCUT2D eigenvalue weighted by atomic mass is 16.4. The maximum atomic E-state index is 12.6. The molecule has 4 rings (SSSR count). The number of aromatic nitrogens is 3. The van der Waals surface area contributed by atoms with E-state index in [1.165, 1.54) is 0 Å². The Kier molecular flexibility index (Phi) is 4.47. The quantitative estimate of drug-likeness (QED) is 0.767. The van der Waals surface area contributed by atoms with Crippen LogP contribution < -0.4 is 5.32 Å². The molecule has 1 atom stereocenters. The van der Waals surface area contributed by atoms with Crippen LogP contribution >= 0.6 is 0 Å². The van der Waals surface area contributed by atoms with Crippen molar-refractivity contribution in [2.45, 2.75) is 38.5 Å². The summed E-state index contributed by atoms with van der Waals surface area (Å²) in [5, 5.41) is 16.1. The molecule has 0 radical (unpaired) electrons. The van der Waals surface area contributed by atoms with Crippen LogP contribution in [0.4, 0.5) is 5.82 Å². The van der Waals surface area contributed by atoms with E-state index in [2.05, 4.69) is 21.5 Å². The number of carbonyl (C=O) groups excluding carboxylic acids is 1. The number of nitrogens with one attached hydrogen (secondary N) is 1. The van der Waals surface area contributed by atoms with Gasteiger partial charge in [0.1, 0.15) is 11.6 Å². The SMILES string of the molecule is Cc1nc2c(o1)CCCC2CC(=O)Nc1ccnn1-c1ccc(C#N)cc1. The number of amides is 1. The number of oxazole rings is 1. The lowest BCUT2D eigenvalue weighted by Gasteiger charge is -2.19. The van der Waals surface area contributed by atoms with Crippen molar-refractivity contribution < 1.29 is 9.21 Å². The van der Waals surface area contributed by atoms with E-state index in [1.54, 1.807) is 41.2 Å². The monoisotopic (exact) mass is 361 g/mol. The molecule has 136 valence electrons. The zero-order valence-electron chi connectivity index (χ0n) is 15.0. The second-order valence-corrected chi connectivity index (χ2v) is 6.67. The fourth-order valence-corrected chi connectivity index (χ4v) is 3.53. The van der Waals surface area contributed by atoms with Gasteiger partial charge in [0.05, 0.1) is 29.2 Å². The Labute approximate surface area is 156 Å².